The standard InChI is InChI=1S/C16H24N2O/c1-4-9-17-16(14-6-5-10-19-11-14)15-8-7-12(2)18-13(15)3/h7-8,11,16-17H,4-6,9-10H2,1-3H3. The van der Waals surface area contributed by atoms with E-state index < -0.39 is 0 Å². The van der Waals surface area contributed by atoms with Gasteiger partial charge in [0.2, 0.25) is 0 Å². The van der Waals surface area contributed by atoms with Gasteiger partial charge in [0.25, 0.3) is 0 Å². The van der Waals surface area contributed by atoms with Crippen LogP contribution in [0.4, 0.5) is 0 Å². The van der Waals surface area contributed by atoms with Crippen LogP contribution >= 0.6 is 0 Å². The van der Waals surface area contributed by atoms with Crippen LogP contribution in [-0.2, 0) is 4.74 Å². The topological polar surface area (TPSA) is 34.1 Å². The third kappa shape index (κ3) is 3.57. The molecule has 1 aromatic heterocycles. The highest BCUT2D eigenvalue weighted by Crippen LogP contribution is 2.29. The number of aryl methyl sites for hydroxylation is 2. The molecule has 0 saturated carbocycles. The van der Waals surface area contributed by atoms with Gasteiger partial charge < -0.3 is 10.1 Å². The monoisotopic (exact) mass is 260 g/mol. The van der Waals surface area contributed by atoms with E-state index in [-0.39, 0.29) is 6.04 Å². The lowest BCUT2D eigenvalue weighted by Gasteiger charge is -2.25. The number of hydrogen-bond acceptors (Lipinski definition) is 3. The van der Waals surface area contributed by atoms with Crippen molar-refractivity contribution in [1.29, 1.82) is 0 Å². The van der Waals surface area contributed by atoms with Crippen molar-refractivity contribution in [2.75, 3.05) is 13.2 Å². The van der Waals surface area contributed by atoms with Crippen molar-refractivity contribution in [3.8, 4) is 0 Å². The van der Waals surface area contributed by atoms with Gasteiger partial charge in [0.05, 0.1) is 18.9 Å². The molecule has 1 aromatic rings. The molecule has 1 aliphatic heterocycles. The smallest absolute Gasteiger partial charge is 0.0876 e. The third-order valence-electron chi connectivity index (χ3n) is 3.51. The molecule has 0 aromatic carbocycles. The van der Waals surface area contributed by atoms with E-state index in [9.17, 15) is 0 Å². The molecule has 0 spiro atoms. The van der Waals surface area contributed by atoms with E-state index in [4.69, 9.17) is 4.74 Å². The number of rotatable bonds is 5. The number of nitrogens with zero attached hydrogens (tertiary/aromatic N) is 1. The van der Waals surface area contributed by atoms with Crippen molar-refractivity contribution in [3.63, 3.8) is 0 Å². The van der Waals surface area contributed by atoms with Gasteiger partial charge in [-0.25, -0.2) is 0 Å². The molecule has 19 heavy (non-hydrogen) atoms. The van der Waals surface area contributed by atoms with Crippen molar-refractivity contribution in [2.45, 2.75) is 46.1 Å². The fraction of sp³-hybridized carbons (Fsp3) is 0.562. The minimum absolute atomic E-state index is 0.244. The Balaban J connectivity index is 2.27. The molecule has 0 fully saturated rings. The van der Waals surface area contributed by atoms with Crippen molar-refractivity contribution >= 4 is 0 Å². The Labute approximate surface area is 116 Å². The summed E-state index contributed by atoms with van der Waals surface area (Å²) in [7, 11) is 0. The maximum absolute atomic E-state index is 5.51. The van der Waals surface area contributed by atoms with E-state index in [0.717, 1.165) is 43.8 Å². The van der Waals surface area contributed by atoms with Crippen LogP contribution in [-0.4, -0.2) is 18.1 Å². The second kappa shape index (κ2) is 6.71. The first-order chi connectivity index (χ1) is 9.22. The van der Waals surface area contributed by atoms with Gasteiger partial charge in [-0.05, 0) is 56.9 Å². The molecule has 2 rings (SSSR count). The maximum atomic E-state index is 5.51. The van der Waals surface area contributed by atoms with Crippen LogP contribution < -0.4 is 5.32 Å². The van der Waals surface area contributed by atoms with E-state index in [1.54, 1.807) is 0 Å². The zero-order valence-electron chi connectivity index (χ0n) is 12.2. The molecule has 1 aliphatic rings. The summed E-state index contributed by atoms with van der Waals surface area (Å²) < 4.78 is 5.51. The maximum Gasteiger partial charge on any atom is 0.0876 e. The van der Waals surface area contributed by atoms with E-state index in [1.807, 2.05) is 13.2 Å². The van der Waals surface area contributed by atoms with Crippen molar-refractivity contribution < 1.29 is 4.74 Å². The highest BCUT2D eigenvalue weighted by atomic mass is 16.5. The summed E-state index contributed by atoms with van der Waals surface area (Å²) in [5.74, 6) is 0. The molecular weight excluding hydrogens is 236 g/mol. The van der Waals surface area contributed by atoms with Gasteiger partial charge >= 0.3 is 0 Å². The number of aromatic nitrogens is 1. The number of hydrogen-bond donors (Lipinski definition) is 1. The first-order valence-corrected chi connectivity index (χ1v) is 7.20. The number of pyridine rings is 1. The minimum Gasteiger partial charge on any atom is -0.501 e. The van der Waals surface area contributed by atoms with E-state index in [2.05, 4.69) is 36.3 Å². The van der Waals surface area contributed by atoms with Gasteiger partial charge in [-0.3, -0.25) is 4.98 Å². The number of nitrogens with one attached hydrogen (secondary N) is 1. The minimum atomic E-state index is 0.244. The molecule has 2 heterocycles. The summed E-state index contributed by atoms with van der Waals surface area (Å²) in [6, 6.07) is 4.53. The molecular formula is C16H24N2O. The summed E-state index contributed by atoms with van der Waals surface area (Å²) in [4.78, 5) is 4.59. The van der Waals surface area contributed by atoms with Gasteiger partial charge in [-0.2, -0.15) is 0 Å². The molecule has 0 amide bonds. The summed E-state index contributed by atoms with van der Waals surface area (Å²) in [5, 5.41) is 3.63. The molecule has 0 bridgehead atoms. The normalized spacial score (nSPS) is 16.7. The van der Waals surface area contributed by atoms with Crippen molar-refractivity contribution in [1.82, 2.24) is 10.3 Å². The van der Waals surface area contributed by atoms with Crippen LogP contribution in [0.2, 0.25) is 0 Å². The molecule has 0 saturated heterocycles. The molecule has 104 valence electrons. The van der Waals surface area contributed by atoms with E-state index >= 15 is 0 Å². The lowest BCUT2D eigenvalue weighted by atomic mass is 9.94. The highest BCUT2D eigenvalue weighted by molar-refractivity contribution is 5.32. The Morgan fingerprint density at radius 3 is 2.84 bits per heavy atom. The van der Waals surface area contributed by atoms with Gasteiger partial charge in [-0.15, -0.1) is 0 Å². The Morgan fingerprint density at radius 1 is 1.37 bits per heavy atom. The molecule has 1 N–H and O–H groups in total. The Kier molecular flexibility index (Phi) is 4.97. The van der Waals surface area contributed by atoms with Crippen LogP contribution in [0.15, 0.2) is 24.0 Å². The summed E-state index contributed by atoms with van der Waals surface area (Å²) in [6.07, 6.45) is 5.28. The largest absolute Gasteiger partial charge is 0.501 e. The van der Waals surface area contributed by atoms with E-state index in [1.165, 1.54) is 11.1 Å². The summed E-state index contributed by atoms with van der Waals surface area (Å²) in [5.41, 5.74) is 4.80. The molecule has 0 radical (unpaired) electrons. The predicted molar refractivity (Wildman–Crippen MR) is 78.0 cm³/mol. The van der Waals surface area contributed by atoms with Crippen molar-refractivity contribution in [2.24, 2.45) is 0 Å². The number of ether oxygens (including phenoxy) is 1. The van der Waals surface area contributed by atoms with Crippen LogP contribution in [0.3, 0.4) is 0 Å². The quantitative estimate of drug-likeness (QED) is 0.880. The first kappa shape index (κ1) is 14.1. The fourth-order valence-electron chi connectivity index (χ4n) is 2.53. The van der Waals surface area contributed by atoms with Gasteiger partial charge in [0, 0.05) is 11.4 Å². The second-order valence-electron chi connectivity index (χ2n) is 5.18. The van der Waals surface area contributed by atoms with E-state index in [0.29, 0.717) is 0 Å². The third-order valence-corrected chi connectivity index (χ3v) is 3.51. The van der Waals surface area contributed by atoms with Crippen molar-refractivity contribution in [3.05, 3.63) is 40.9 Å². The van der Waals surface area contributed by atoms with Crippen LogP contribution in [0.1, 0.15) is 49.2 Å². The highest BCUT2D eigenvalue weighted by Gasteiger charge is 2.20. The van der Waals surface area contributed by atoms with Crippen LogP contribution in [0.5, 0.6) is 0 Å². The first-order valence-electron chi connectivity index (χ1n) is 7.20. The molecule has 0 aliphatic carbocycles. The van der Waals surface area contributed by atoms with Gasteiger partial charge in [0.1, 0.15) is 0 Å². The lowest BCUT2D eigenvalue weighted by molar-refractivity contribution is 0.219. The Hall–Kier alpha value is -1.35. The average molecular weight is 260 g/mol. The van der Waals surface area contributed by atoms with Crippen LogP contribution in [0, 0.1) is 13.8 Å². The summed E-state index contributed by atoms with van der Waals surface area (Å²) in [6.45, 7) is 8.17. The second-order valence-corrected chi connectivity index (χ2v) is 5.18. The molecule has 3 heteroatoms. The average Bonchev–Trinajstić information content (AvgIpc) is 2.42. The van der Waals surface area contributed by atoms with Gasteiger partial charge in [0.15, 0.2) is 0 Å². The van der Waals surface area contributed by atoms with Gasteiger partial charge in [-0.1, -0.05) is 13.0 Å². The Bertz CT molecular complexity index is 454. The zero-order valence-corrected chi connectivity index (χ0v) is 12.2. The lowest BCUT2D eigenvalue weighted by Crippen LogP contribution is -2.26. The molecule has 1 unspecified atom stereocenters. The van der Waals surface area contributed by atoms with Crippen LogP contribution in [0.25, 0.3) is 0 Å². The summed E-state index contributed by atoms with van der Waals surface area (Å²) >= 11 is 0. The fourth-order valence-corrected chi connectivity index (χ4v) is 2.53. The molecule has 3 nitrogen and oxygen atoms in total. The zero-order chi connectivity index (χ0) is 13.7. The predicted octanol–water partition coefficient (Wildman–Crippen LogP) is 3.43. The molecule has 1 atom stereocenters. The SMILES string of the molecule is CCCNC(C1=COCCC1)c1ccc(C)nc1C. The Morgan fingerprint density at radius 2 is 2.21 bits per heavy atom.